The van der Waals surface area contributed by atoms with E-state index in [1.165, 1.54) is 0 Å². The number of carbonyl (C=O) groups excluding carboxylic acids is 1. The minimum atomic E-state index is -0.548. The number of aromatic nitrogens is 2. The van der Waals surface area contributed by atoms with Gasteiger partial charge in [-0.15, -0.1) is 0 Å². The van der Waals surface area contributed by atoms with Crippen LogP contribution >= 0.6 is 0 Å². The maximum absolute atomic E-state index is 12.3. The van der Waals surface area contributed by atoms with Gasteiger partial charge in [0.25, 0.3) is 5.91 Å². The Bertz CT molecular complexity index is 930. The van der Waals surface area contributed by atoms with E-state index in [9.17, 15) is 4.79 Å². The Morgan fingerprint density at radius 1 is 1.19 bits per heavy atom. The van der Waals surface area contributed by atoms with Crippen molar-refractivity contribution in [3.8, 4) is 5.75 Å². The molecular weight excluding hydrogens is 326 g/mol. The number of hydrogen-bond acceptors (Lipinski definition) is 3. The van der Waals surface area contributed by atoms with E-state index in [1.807, 2.05) is 57.2 Å². The summed E-state index contributed by atoms with van der Waals surface area (Å²) < 4.78 is 5.82. The molecule has 0 aliphatic rings. The first-order valence-corrected chi connectivity index (χ1v) is 8.90. The van der Waals surface area contributed by atoms with Crippen molar-refractivity contribution in [2.45, 2.75) is 40.2 Å². The number of carbonyl (C=O) groups is 1. The summed E-state index contributed by atoms with van der Waals surface area (Å²) in [6.45, 7) is 8.30. The van der Waals surface area contributed by atoms with Crippen LogP contribution in [0.2, 0.25) is 0 Å². The van der Waals surface area contributed by atoms with Crippen molar-refractivity contribution < 1.29 is 9.53 Å². The second-order valence-electron chi connectivity index (χ2n) is 6.72. The molecule has 26 heavy (non-hydrogen) atoms. The Morgan fingerprint density at radius 3 is 2.77 bits per heavy atom. The van der Waals surface area contributed by atoms with Gasteiger partial charge in [-0.05, 0) is 56.5 Å². The smallest absolute Gasteiger partial charge is 0.260 e. The third kappa shape index (κ3) is 4.04. The van der Waals surface area contributed by atoms with Crippen molar-refractivity contribution in [1.29, 1.82) is 0 Å². The number of amides is 1. The molecular formula is C21H25N3O2. The van der Waals surface area contributed by atoms with Gasteiger partial charge in [0.1, 0.15) is 11.6 Å². The molecule has 1 atom stereocenters. The van der Waals surface area contributed by atoms with E-state index in [-0.39, 0.29) is 5.91 Å². The Balaban J connectivity index is 1.54. The molecule has 0 fully saturated rings. The van der Waals surface area contributed by atoms with Crippen molar-refractivity contribution in [2.75, 3.05) is 6.54 Å². The Labute approximate surface area is 153 Å². The van der Waals surface area contributed by atoms with Crippen LogP contribution in [0.5, 0.6) is 5.75 Å². The monoisotopic (exact) mass is 351 g/mol. The van der Waals surface area contributed by atoms with E-state index in [1.54, 1.807) is 6.92 Å². The molecule has 3 aromatic rings. The maximum atomic E-state index is 12.3. The molecule has 0 aliphatic carbocycles. The van der Waals surface area contributed by atoms with Crippen molar-refractivity contribution in [2.24, 2.45) is 0 Å². The Hall–Kier alpha value is -2.82. The van der Waals surface area contributed by atoms with Crippen LogP contribution in [0.4, 0.5) is 0 Å². The number of rotatable bonds is 6. The van der Waals surface area contributed by atoms with Gasteiger partial charge < -0.3 is 15.0 Å². The molecule has 0 saturated heterocycles. The van der Waals surface area contributed by atoms with Crippen LogP contribution in [-0.2, 0) is 11.2 Å². The summed E-state index contributed by atoms with van der Waals surface area (Å²) in [7, 11) is 0. The zero-order valence-corrected chi connectivity index (χ0v) is 15.7. The predicted octanol–water partition coefficient (Wildman–Crippen LogP) is 3.61. The number of hydrogen-bond donors (Lipinski definition) is 2. The average Bonchev–Trinajstić information content (AvgIpc) is 3.02. The lowest BCUT2D eigenvalue weighted by Crippen LogP contribution is -2.37. The van der Waals surface area contributed by atoms with Crippen LogP contribution in [0.15, 0.2) is 36.4 Å². The quantitative estimate of drug-likeness (QED) is 0.713. The summed E-state index contributed by atoms with van der Waals surface area (Å²) in [6, 6.07) is 12.0. The van der Waals surface area contributed by atoms with Crippen LogP contribution in [0.3, 0.4) is 0 Å². The summed E-state index contributed by atoms with van der Waals surface area (Å²) in [5.41, 5.74) is 5.29. The molecule has 0 bridgehead atoms. The number of ether oxygens (including phenoxy) is 1. The van der Waals surface area contributed by atoms with Crippen LogP contribution in [0, 0.1) is 20.8 Å². The normalized spacial score (nSPS) is 12.2. The third-order valence-electron chi connectivity index (χ3n) is 4.44. The van der Waals surface area contributed by atoms with E-state index >= 15 is 0 Å². The largest absolute Gasteiger partial charge is 0.481 e. The topological polar surface area (TPSA) is 67.0 Å². The molecule has 2 N–H and O–H groups in total. The van der Waals surface area contributed by atoms with Gasteiger partial charge in [0.15, 0.2) is 6.10 Å². The van der Waals surface area contributed by atoms with E-state index in [4.69, 9.17) is 4.74 Å². The first-order chi connectivity index (χ1) is 12.4. The number of aromatic amines is 1. The van der Waals surface area contributed by atoms with Crippen molar-refractivity contribution in [3.05, 3.63) is 58.9 Å². The molecule has 0 saturated carbocycles. The molecule has 1 amide bonds. The van der Waals surface area contributed by atoms with Gasteiger partial charge in [0.2, 0.25) is 0 Å². The highest BCUT2D eigenvalue weighted by molar-refractivity contribution is 5.81. The maximum Gasteiger partial charge on any atom is 0.260 e. The fraction of sp³-hybridized carbons (Fsp3) is 0.333. The van der Waals surface area contributed by atoms with Gasteiger partial charge in [-0.2, -0.15) is 0 Å². The molecule has 5 nitrogen and oxygen atoms in total. The average molecular weight is 351 g/mol. The fourth-order valence-electron chi connectivity index (χ4n) is 2.87. The number of para-hydroxylation sites is 1. The highest BCUT2D eigenvalue weighted by Gasteiger charge is 2.15. The summed E-state index contributed by atoms with van der Waals surface area (Å²) >= 11 is 0. The number of benzene rings is 2. The van der Waals surface area contributed by atoms with Crippen LogP contribution in [0.25, 0.3) is 11.0 Å². The van der Waals surface area contributed by atoms with E-state index in [2.05, 4.69) is 15.3 Å². The van der Waals surface area contributed by atoms with Crippen molar-refractivity contribution in [1.82, 2.24) is 15.3 Å². The highest BCUT2D eigenvalue weighted by Crippen LogP contribution is 2.20. The number of aryl methyl sites for hydroxylation is 3. The number of fused-ring (bicyclic) bond motifs is 1. The van der Waals surface area contributed by atoms with Gasteiger partial charge in [0.05, 0.1) is 11.0 Å². The number of imidazole rings is 1. The third-order valence-corrected chi connectivity index (χ3v) is 4.44. The molecule has 1 aromatic heterocycles. The fourth-order valence-corrected chi connectivity index (χ4v) is 2.87. The molecule has 3 rings (SSSR count). The molecule has 5 heteroatoms. The SMILES string of the molecule is Cc1ccc(C)c(OC(C)C(=O)NCCc2nc3c(C)cccc3[nH]2)c1. The molecule has 0 aliphatic heterocycles. The lowest BCUT2D eigenvalue weighted by molar-refractivity contribution is -0.127. The van der Waals surface area contributed by atoms with Crippen molar-refractivity contribution >= 4 is 16.9 Å². The minimum Gasteiger partial charge on any atom is -0.481 e. The first kappa shape index (κ1) is 18.0. The van der Waals surface area contributed by atoms with E-state index in [0.29, 0.717) is 13.0 Å². The van der Waals surface area contributed by atoms with E-state index in [0.717, 1.165) is 39.3 Å². The molecule has 1 heterocycles. The molecule has 0 radical (unpaired) electrons. The van der Waals surface area contributed by atoms with Gasteiger partial charge >= 0.3 is 0 Å². The number of nitrogens with zero attached hydrogens (tertiary/aromatic N) is 1. The van der Waals surface area contributed by atoms with Gasteiger partial charge in [-0.1, -0.05) is 24.3 Å². The molecule has 1 unspecified atom stereocenters. The number of nitrogens with one attached hydrogen (secondary N) is 2. The van der Waals surface area contributed by atoms with E-state index < -0.39 is 6.10 Å². The lowest BCUT2D eigenvalue weighted by atomic mass is 10.1. The number of H-pyrrole nitrogens is 1. The van der Waals surface area contributed by atoms with Crippen LogP contribution in [-0.4, -0.2) is 28.5 Å². The molecule has 2 aromatic carbocycles. The van der Waals surface area contributed by atoms with Crippen LogP contribution in [0.1, 0.15) is 29.4 Å². The van der Waals surface area contributed by atoms with Gasteiger partial charge in [-0.3, -0.25) is 4.79 Å². The van der Waals surface area contributed by atoms with Crippen LogP contribution < -0.4 is 10.1 Å². The standard InChI is InChI=1S/C21H25N3O2/c1-13-8-9-14(2)18(12-13)26-16(4)21(25)22-11-10-19-23-17-7-5-6-15(3)20(17)24-19/h5-9,12,16H,10-11H2,1-4H3,(H,22,25)(H,23,24). The summed E-state index contributed by atoms with van der Waals surface area (Å²) in [5, 5.41) is 2.92. The second-order valence-corrected chi connectivity index (χ2v) is 6.72. The Kier molecular flexibility index (Phi) is 5.26. The molecule has 136 valence electrons. The van der Waals surface area contributed by atoms with Gasteiger partial charge in [0, 0.05) is 13.0 Å². The van der Waals surface area contributed by atoms with Gasteiger partial charge in [-0.25, -0.2) is 4.98 Å². The summed E-state index contributed by atoms with van der Waals surface area (Å²) in [5.74, 6) is 1.50. The second kappa shape index (κ2) is 7.60. The van der Waals surface area contributed by atoms with Crippen molar-refractivity contribution in [3.63, 3.8) is 0 Å². The molecule has 0 spiro atoms. The lowest BCUT2D eigenvalue weighted by Gasteiger charge is -2.16. The minimum absolute atomic E-state index is 0.127. The highest BCUT2D eigenvalue weighted by atomic mass is 16.5. The Morgan fingerprint density at radius 2 is 2.00 bits per heavy atom. The zero-order chi connectivity index (χ0) is 18.7. The first-order valence-electron chi connectivity index (χ1n) is 8.90. The zero-order valence-electron chi connectivity index (χ0n) is 15.7. The predicted molar refractivity (Wildman–Crippen MR) is 104 cm³/mol. The summed E-state index contributed by atoms with van der Waals surface area (Å²) in [6.07, 6.45) is 0.101. The summed E-state index contributed by atoms with van der Waals surface area (Å²) in [4.78, 5) is 20.2.